The molecule has 4 aromatic rings. The summed E-state index contributed by atoms with van der Waals surface area (Å²) in [5, 5.41) is 0. The van der Waals surface area contributed by atoms with Crippen LogP contribution in [0.15, 0.2) is 60.9 Å². The minimum atomic E-state index is -0.304. The zero-order valence-electron chi connectivity index (χ0n) is 12.5. The zero-order valence-corrected chi connectivity index (χ0v) is 12.5. The average molecular weight is 320 g/mol. The first kappa shape index (κ1) is 14.2. The number of nitrogens with one attached hydrogen (secondary N) is 1. The molecule has 6 heteroatoms. The number of H-pyrrole nitrogens is 1. The van der Waals surface area contributed by atoms with Crippen LogP contribution in [0, 0.1) is 5.82 Å². The van der Waals surface area contributed by atoms with Crippen LogP contribution in [0.4, 0.5) is 10.3 Å². The fraction of sp³-hybridized carbons (Fsp3) is 0. The van der Waals surface area contributed by atoms with E-state index in [-0.39, 0.29) is 5.82 Å². The molecule has 0 aliphatic rings. The molecule has 0 atom stereocenters. The molecule has 0 spiro atoms. The molecule has 24 heavy (non-hydrogen) atoms. The lowest BCUT2D eigenvalue weighted by atomic mass is 10.1. The standard InChI is InChI=1S/C18H13FN4O/c19-13-2-4-14(5-3-13)24-15-7-12(9-21-10-15)11-1-6-16-17(8-11)23-18(20)22-16/h1-10H,(H3,20,22,23). The van der Waals surface area contributed by atoms with Crippen LogP contribution in [-0.2, 0) is 0 Å². The van der Waals surface area contributed by atoms with Crippen LogP contribution in [0.5, 0.6) is 11.5 Å². The summed E-state index contributed by atoms with van der Waals surface area (Å²) < 4.78 is 18.7. The molecule has 0 saturated heterocycles. The summed E-state index contributed by atoms with van der Waals surface area (Å²) in [7, 11) is 0. The van der Waals surface area contributed by atoms with Gasteiger partial charge in [-0.05, 0) is 48.0 Å². The topological polar surface area (TPSA) is 76.8 Å². The molecule has 2 aromatic heterocycles. The van der Waals surface area contributed by atoms with E-state index in [2.05, 4.69) is 15.0 Å². The van der Waals surface area contributed by atoms with E-state index in [1.54, 1.807) is 24.5 Å². The van der Waals surface area contributed by atoms with Crippen LogP contribution in [0.3, 0.4) is 0 Å². The largest absolute Gasteiger partial charge is 0.456 e. The maximum atomic E-state index is 13.0. The zero-order chi connectivity index (χ0) is 16.5. The van der Waals surface area contributed by atoms with Gasteiger partial charge in [0.1, 0.15) is 17.3 Å². The molecular weight excluding hydrogens is 307 g/mol. The number of hydrogen-bond acceptors (Lipinski definition) is 4. The van der Waals surface area contributed by atoms with Crippen molar-refractivity contribution in [2.75, 3.05) is 5.73 Å². The number of anilines is 1. The predicted molar refractivity (Wildman–Crippen MR) is 90.2 cm³/mol. The highest BCUT2D eigenvalue weighted by atomic mass is 19.1. The molecule has 0 saturated carbocycles. The van der Waals surface area contributed by atoms with Crippen LogP contribution in [0.2, 0.25) is 0 Å². The number of nitrogens with zero attached hydrogens (tertiary/aromatic N) is 2. The SMILES string of the molecule is Nc1nc2ccc(-c3cncc(Oc4ccc(F)cc4)c3)cc2[nH]1. The van der Waals surface area contributed by atoms with Crippen molar-refractivity contribution < 1.29 is 9.13 Å². The van der Waals surface area contributed by atoms with E-state index in [9.17, 15) is 4.39 Å². The normalized spacial score (nSPS) is 10.9. The highest BCUT2D eigenvalue weighted by Gasteiger charge is 2.06. The number of aromatic nitrogens is 3. The van der Waals surface area contributed by atoms with Crippen molar-refractivity contribution in [3.63, 3.8) is 0 Å². The molecule has 2 aromatic carbocycles. The third-order valence-corrected chi connectivity index (χ3v) is 3.60. The van der Waals surface area contributed by atoms with Gasteiger partial charge in [0.15, 0.2) is 5.95 Å². The number of aromatic amines is 1. The monoisotopic (exact) mass is 320 g/mol. The van der Waals surface area contributed by atoms with Crippen molar-refractivity contribution in [2.24, 2.45) is 0 Å². The maximum Gasteiger partial charge on any atom is 0.198 e. The summed E-state index contributed by atoms with van der Waals surface area (Å²) in [4.78, 5) is 11.4. The smallest absolute Gasteiger partial charge is 0.198 e. The Morgan fingerprint density at radius 3 is 2.58 bits per heavy atom. The minimum absolute atomic E-state index is 0.304. The fourth-order valence-electron chi connectivity index (χ4n) is 2.48. The predicted octanol–water partition coefficient (Wildman–Crippen LogP) is 4.14. The molecule has 0 bridgehead atoms. The Bertz CT molecular complexity index is 1010. The Labute approximate surface area is 136 Å². The van der Waals surface area contributed by atoms with Gasteiger partial charge in [-0.1, -0.05) is 6.07 Å². The van der Waals surface area contributed by atoms with Gasteiger partial charge in [-0.2, -0.15) is 0 Å². The van der Waals surface area contributed by atoms with E-state index in [1.807, 2.05) is 24.3 Å². The highest BCUT2D eigenvalue weighted by Crippen LogP contribution is 2.28. The Hall–Kier alpha value is -3.41. The summed E-state index contributed by atoms with van der Waals surface area (Å²) in [5.41, 5.74) is 9.19. The summed E-state index contributed by atoms with van der Waals surface area (Å²) >= 11 is 0. The Morgan fingerprint density at radius 2 is 1.75 bits per heavy atom. The van der Waals surface area contributed by atoms with E-state index in [4.69, 9.17) is 10.5 Å². The van der Waals surface area contributed by atoms with Crippen LogP contribution in [0.25, 0.3) is 22.2 Å². The second-order valence-corrected chi connectivity index (χ2v) is 5.32. The van der Waals surface area contributed by atoms with Gasteiger partial charge in [0.25, 0.3) is 0 Å². The Morgan fingerprint density at radius 1 is 0.917 bits per heavy atom. The number of rotatable bonds is 3. The number of halogens is 1. The molecule has 0 aliphatic heterocycles. The van der Waals surface area contributed by atoms with Gasteiger partial charge in [-0.15, -0.1) is 0 Å². The molecular formula is C18H13FN4O. The van der Waals surface area contributed by atoms with E-state index >= 15 is 0 Å². The first-order chi connectivity index (χ1) is 11.7. The van der Waals surface area contributed by atoms with Crippen LogP contribution >= 0.6 is 0 Å². The lowest BCUT2D eigenvalue weighted by molar-refractivity contribution is 0.478. The number of nitrogen functional groups attached to an aromatic ring is 1. The third-order valence-electron chi connectivity index (χ3n) is 3.60. The number of pyridine rings is 1. The molecule has 0 amide bonds. The van der Waals surface area contributed by atoms with E-state index in [0.29, 0.717) is 17.4 Å². The van der Waals surface area contributed by atoms with E-state index in [0.717, 1.165) is 22.2 Å². The van der Waals surface area contributed by atoms with Gasteiger partial charge in [-0.3, -0.25) is 4.98 Å². The number of fused-ring (bicyclic) bond motifs is 1. The summed E-state index contributed by atoms with van der Waals surface area (Å²) in [6.45, 7) is 0. The van der Waals surface area contributed by atoms with Gasteiger partial charge in [0.05, 0.1) is 17.2 Å². The molecule has 0 fully saturated rings. The summed E-state index contributed by atoms with van der Waals surface area (Å²) in [5.74, 6) is 1.20. The van der Waals surface area contributed by atoms with E-state index in [1.165, 1.54) is 12.1 Å². The summed E-state index contributed by atoms with van der Waals surface area (Å²) in [6.07, 6.45) is 3.36. The molecule has 2 heterocycles. The van der Waals surface area contributed by atoms with Crippen LogP contribution in [-0.4, -0.2) is 15.0 Å². The van der Waals surface area contributed by atoms with Gasteiger partial charge < -0.3 is 15.5 Å². The summed E-state index contributed by atoms with van der Waals surface area (Å²) in [6, 6.07) is 13.5. The lowest BCUT2D eigenvalue weighted by Crippen LogP contribution is -1.87. The molecule has 0 aliphatic carbocycles. The first-order valence-electron chi connectivity index (χ1n) is 7.31. The van der Waals surface area contributed by atoms with Crippen molar-refractivity contribution in [1.29, 1.82) is 0 Å². The lowest BCUT2D eigenvalue weighted by Gasteiger charge is -2.07. The van der Waals surface area contributed by atoms with Crippen LogP contribution in [0.1, 0.15) is 0 Å². The number of benzene rings is 2. The van der Waals surface area contributed by atoms with Crippen LogP contribution < -0.4 is 10.5 Å². The number of imidazole rings is 1. The Balaban J connectivity index is 1.66. The van der Waals surface area contributed by atoms with Crippen molar-refractivity contribution in [3.8, 4) is 22.6 Å². The van der Waals surface area contributed by atoms with Gasteiger partial charge in [-0.25, -0.2) is 9.37 Å². The van der Waals surface area contributed by atoms with Gasteiger partial charge in [0.2, 0.25) is 0 Å². The third kappa shape index (κ3) is 2.77. The average Bonchev–Trinajstić information content (AvgIpc) is 2.96. The van der Waals surface area contributed by atoms with Crippen molar-refractivity contribution >= 4 is 17.0 Å². The number of nitrogens with two attached hydrogens (primary N) is 1. The van der Waals surface area contributed by atoms with Crippen molar-refractivity contribution in [1.82, 2.24) is 15.0 Å². The molecule has 4 rings (SSSR count). The van der Waals surface area contributed by atoms with E-state index < -0.39 is 0 Å². The van der Waals surface area contributed by atoms with Crippen molar-refractivity contribution in [3.05, 3.63) is 66.7 Å². The second-order valence-electron chi connectivity index (χ2n) is 5.32. The molecule has 0 unspecified atom stereocenters. The maximum absolute atomic E-state index is 13.0. The molecule has 0 radical (unpaired) electrons. The number of hydrogen-bond donors (Lipinski definition) is 2. The fourth-order valence-corrected chi connectivity index (χ4v) is 2.48. The minimum Gasteiger partial charge on any atom is -0.456 e. The second kappa shape index (κ2) is 5.66. The quantitative estimate of drug-likeness (QED) is 0.595. The first-order valence-corrected chi connectivity index (χ1v) is 7.31. The van der Waals surface area contributed by atoms with Gasteiger partial charge in [0, 0.05) is 11.8 Å². The number of ether oxygens (including phenoxy) is 1. The molecule has 118 valence electrons. The van der Waals surface area contributed by atoms with Gasteiger partial charge >= 0.3 is 0 Å². The molecule has 3 N–H and O–H groups in total. The highest BCUT2D eigenvalue weighted by molar-refractivity contribution is 5.83. The van der Waals surface area contributed by atoms with Crippen molar-refractivity contribution in [2.45, 2.75) is 0 Å². The molecule has 5 nitrogen and oxygen atoms in total. The Kier molecular flexibility index (Phi) is 3.35.